The summed E-state index contributed by atoms with van der Waals surface area (Å²) in [6.45, 7) is 4.14. The number of carbonyl (C=O) groups is 2. The Hall–Kier alpha value is -3.35. The van der Waals surface area contributed by atoms with Gasteiger partial charge >= 0.3 is 5.97 Å². The molecule has 0 radical (unpaired) electrons. The Kier molecular flexibility index (Phi) is 7.06. The number of para-hydroxylation sites is 1. The van der Waals surface area contributed by atoms with E-state index in [9.17, 15) is 14.0 Å². The molecular weight excluding hydrogens is 387 g/mol. The molecule has 1 aliphatic heterocycles. The summed E-state index contributed by atoms with van der Waals surface area (Å²) in [6, 6.07) is 14.4. The number of esters is 1. The van der Waals surface area contributed by atoms with E-state index in [2.05, 4.69) is 4.90 Å². The Bertz CT molecular complexity index is 909. The number of benzene rings is 2. The number of hydrogen-bond acceptors (Lipinski definition) is 5. The molecule has 2 aromatic rings. The molecule has 1 aliphatic rings. The maximum absolute atomic E-state index is 13.7. The molecule has 0 spiro atoms. The monoisotopic (exact) mass is 412 g/mol. The van der Waals surface area contributed by atoms with Gasteiger partial charge in [0.25, 0.3) is 5.91 Å². The predicted molar refractivity (Wildman–Crippen MR) is 113 cm³/mol. The van der Waals surface area contributed by atoms with E-state index in [0.29, 0.717) is 18.7 Å². The molecule has 0 aromatic heterocycles. The number of amides is 1. The van der Waals surface area contributed by atoms with Gasteiger partial charge in [-0.15, -0.1) is 0 Å². The molecule has 0 aliphatic carbocycles. The van der Waals surface area contributed by atoms with E-state index in [-0.39, 0.29) is 11.7 Å². The van der Waals surface area contributed by atoms with Crippen molar-refractivity contribution in [1.82, 2.24) is 4.90 Å². The smallest absolute Gasteiger partial charge is 0.331 e. The van der Waals surface area contributed by atoms with Crippen molar-refractivity contribution in [1.29, 1.82) is 0 Å². The lowest BCUT2D eigenvalue weighted by molar-refractivity contribution is -0.155. The molecule has 0 bridgehead atoms. The van der Waals surface area contributed by atoms with Crippen LogP contribution in [-0.4, -0.2) is 56.2 Å². The first-order chi connectivity index (χ1) is 14.5. The van der Waals surface area contributed by atoms with Gasteiger partial charge in [0.2, 0.25) is 0 Å². The number of piperazine rings is 1. The minimum atomic E-state index is -0.891. The average Bonchev–Trinajstić information content (AvgIpc) is 2.78. The Morgan fingerprint density at radius 1 is 1.07 bits per heavy atom. The quantitative estimate of drug-likeness (QED) is 0.539. The van der Waals surface area contributed by atoms with Gasteiger partial charge in [-0.05, 0) is 42.8 Å². The van der Waals surface area contributed by atoms with Gasteiger partial charge in [-0.25, -0.2) is 9.18 Å². The number of anilines is 1. The Labute approximate surface area is 175 Å². The van der Waals surface area contributed by atoms with Crippen LogP contribution >= 0.6 is 0 Å². The van der Waals surface area contributed by atoms with E-state index in [1.807, 2.05) is 30.3 Å². The molecule has 158 valence electrons. The average molecular weight is 412 g/mol. The standard InChI is InChI=1S/C23H25FN2O4/c1-17(30-22(27)11-9-18-8-10-21(29-2)20(24)16-18)23(28)26-14-12-25(13-15-26)19-6-4-3-5-7-19/h3-11,16-17H,12-15H2,1-2H3/b11-9+/t17-/m1/s1. The number of hydrogen-bond donors (Lipinski definition) is 0. The van der Waals surface area contributed by atoms with Crippen LogP contribution in [0.2, 0.25) is 0 Å². The summed E-state index contributed by atoms with van der Waals surface area (Å²) >= 11 is 0. The molecule has 1 atom stereocenters. The molecule has 7 heteroatoms. The zero-order valence-corrected chi connectivity index (χ0v) is 17.1. The van der Waals surface area contributed by atoms with Crippen LogP contribution in [0, 0.1) is 5.82 Å². The van der Waals surface area contributed by atoms with Crippen LogP contribution in [0.15, 0.2) is 54.6 Å². The van der Waals surface area contributed by atoms with Crippen LogP contribution in [0.5, 0.6) is 5.75 Å². The van der Waals surface area contributed by atoms with E-state index in [1.165, 1.54) is 31.4 Å². The van der Waals surface area contributed by atoms with E-state index in [0.717, 1.165) is 18.8 Å². The second-order valence-corrected chi connectivity index (χ2v) is 6.95. The van der Waals surface area contributed by atoms with Gasteiger partial charge in [0.05, 0.1) is 7.11 Å². The van der Waals surface area contributed by atoms with E-state index in [1.54, 1.807) is 17.9 Å². The lowest BCUT2D eigenvalue weighted by Crippen LogP contribution is -2.51. The van der Waals surface area contributed by atoms with Gasteiger partial charge in [-0.1, -0.05) is 24.3 Å². The summed E-state index contributed by atoms with van der Waals surface area (Å²) in [5.41, 5.74) is 1.62. The summed E-state index contributed by atoms with van der Waals surface area (Å²) in [5, 5.41) is 0. The number of halogens is 1. The third kappa shape index (κ3) is 5.37. The van der Waals surface area contributed by atoms with Crippen LogP contribution in [0.1, 0.15) is 12.5 Å². The van der Waals surface area contributed by atoms with Crippen molar-refractivity contribution in [2.75, 3.05) is 38.2 Å². The zero-order valence-electron chi connectivity index (χ0n) is 17.1. The van der Waals surface area contributed by atoms with Crippen molar-refractivity contribution >= 4 is 23.6 Å². The van der Waals surface area contributed by atoms with Crippen molar-refractivity contribution in [3.63, 3.8) is 0 Å². The van der Waals surface area contributed by atoms with Gasteiger partial charge in [-0.3, -0.25) is 4.79 Å². The number of rotatable bonds is 6. The second-order valence-electron chi connectivity index (χ2n) is 6.95. The molecule has 2 aromatic carbocycles. The Morgan fingerprint density at radius 3 is 2.40 bits per heavy atom. The lowest BCUT2D eigenvalue weighted by Gasteiger charge is -2.36. The molecule has 1 saturated heterocycles. The third-order valence-electron chi connectivity index (χ3n) is 4.94. The maximum atomic E-state index is 13.7. The zero-order chi connectivity index (χ0) is 21.5. The predicted octanol–water partition coefficient (Wildman–Crippen LogP) is 3.13. The van der Waals surface area contributed by atoms with Crippen LogP contribution in [0.3, 0.4) is 0 Å². The third-order valence-corrected chi connectivity index (χ3v) is 4.94. The van der Waals surface area contributed by atoms with Gasteiger partial charge in [0, 0.05) is 37.9 Å². The fourth-order valence-electron chi connectivity index (χ4n) is 3.30. The molecule has 0 unspecified atom stereocenters. The SMILES string of the molecule is COc1ccc(/C=C/C(=O)O[C@H](C)C(=O)N2CCN(c3ccccc3)CC2)cc1F. The first-order valence-corrected chi connectivity index (χ1v) is 9.79. The number of carbonyl (C=O) groups excluding carboxylic acids is 2. The molecule has 0 N–H and O–H groups in total. The highest BCUT2D eigenvalue weighted by Crippen LogP contribution is 2.19. The largest absolute Gasteiger partial charge is 0.494 e. The fourth-order valence-corrected chi connectivity index (χ4v) is 3.30. The van der Waals surface area contributed by atoms with Crippen LogP contribution < -0.4 is 9.64 Å². The van der Waals surface area contributed by atoms with Crippen molar-refractivity contribution < 1.29 is 23.5 Å². The highest BCUT2D eigenvalue weighted by molar-refractivity contribution is 5.90. The molecular formula is C23H25FN2O4. The fraction of sp³-hybridized carbons (Fsp3) is 0.304. The van der Waals surface area contributed by atoms with Crippen molar-refractivity contribution in [3.05, 3.63) is 66.0 Å². The van der Waals surface area contributed by atoms with E-state index in [4.69, 9.17) is 9.47 Å². The summed E-state index contributed by atoms with van der Waals surface area (Å²) in [4.78, 5) is 28.6. The summed E-state index contributed by atoms with van der Waals surface area (Å²) in [5.74, 6) is -1.28. The summed E-state index contributed by atoms with van der Waals surface area (Å²) in [6.07, 6.45) is 1.72. The highest BCUT2D eigenvalue weighted by atomic mass is 19.1. The topological polar surface area (TPSA) is 59.1 Å². The first-order valence-electron chi connectivity index (χ1n) is 9.79. The van der Waals surface area contributed by atoms with Crippen LogP contribution in [0.4, 0.5) is 10.1 Å². The first kappa shape index (κ1) is 21.4. The van der Waals surface area contributed by atoms with Crippen LogP contribution in [-0.2, 0) is 14.3 Å². The minimum Gasteiger partial charge on any atom is -0.494 e. The van der Waals surface area contributed by atoms with Crippen LogP contribution in [0.25, 0.3) is 6.08 Å². The molecule has 30 heavy (non-hydrogen) atoms. The molecule has 3 rings (SSSR count). The lowest BCUT2D eigenvalue weighted by atomic mass is 10.2. The minimum absolute atomic E-state index is 0.126. The van der Waals surface area contributed by atoms with Crippen molar-refractivity contribution in [2.45, 2.75) is 13.0 Å². The van der Waals surface area contributed by atoms with Crippen molar-refractivity contribution in [3.8, 4) is 5.75 Å². The second kappa shape index (κ2) is 9.91. The molecule has 1 fully saturated rings. The molecule has 6 nitrogen and oxygen atoms in total. The summed E-state index contributed by atoms with van der Waals surface area (Å²) in [7, 11) is 1.38. The maximum Gasteiger partial charge on any atom is 0.331 e. The van der Waals surface area contributed by atoms with E-state index >= 15 is 0 Å². The Balaban J connectivity index is 1.49. The van der Waals surface area contributed by atoms with Crippen molar-refractivity contribution in [2.24, 2.45) is 0 Å². The summed E-state index contributed by atoms with van der Waals surface area (Å²) < 4.78 is 23.8. The van der Waals surface area contributed by atoms with E-state index < -0.39 is 17.9 Å². The van der Waals surface area contributed by atoms with Gasteiger partial charge < -0.3 is 19.3 Å². The molecule has 1 amide bonds. The molecule has 0 saturated carbocycles. The number of methoxy groups -OCH3 is 1. The molecule has 1 heterocycles. The van der Waals surface area contributed by atoms with Gasteiger partial charge in [0.15, 0.2) is 17.7 Å². The normalized spacial score (nSPS) is 15.2. The highest BCUT2D eigenvalue weighted by Gasteiger charge is 2.26. The number of nitrogens with zero attached hydrogens (tertiary/aromatic N) is 2. The van der Waals surface area contributed by atoms with Gasteiger partial charge in [-0.2, -0.15) is 0 Å². The number of ether oxygens (including phenoxy) is 2. The Morgan fingerprint density at radius 2 is 1.77 bits per heavy atom. The van der Waals surface area contributed by atoms with Gasteiger partial charge in [0.1, 0.15) is 0 Å².